The molecule has 0 atom stereocenters. The van der Waals surface area contributed by atoms with Crippen LogP contribution in [0.2, 0.25) is 5.02 Å². The molecule has 0 fully saturated rings. The lowest BCUT2D eigenvalue weighted by molar-refractivity contribution is 0.147. The molecule has 0 unspecified atom stereocenters. The lowest BCUT2D eigenvalue weighted by atomic mass is 10.2. The van der Waals surface area contributed by atoms with Crippen LogP contribution in [-0.4, -0.2) is 17.3 Å². The quantitative estimate of drug-likeness (QED) is 0.864. The van der Waals surface area contributed by atoms with E-state index in [4.69, 9.17) is 16.3 Å². The predicted octanol–water partition coefficient (Wildman–Crippen LogP) is 3.16. The first kappa shape index (κ1) is 10.2. The number of nitrogens with zero attached hydrogens (tertiary/aromatic N) is 1. The summed E-state index contributed by atoms with van der Waals surface area (Å²) in [4.78, 5) is 0. The van der Waals surface area contributed by atoms with E-state index in [1.807, 2.05) is 0 Å². The third kappa shape index (κ3) is 1.63. The van der Waals surface area contributed by atoms with E-state index in [1.165, 1.54) is 19.2 Å². The van der Waals surface area contributed by atoms with Gasteiger partial charge in [-0.05, 0) is 12.1 Å². The second-order valence-electron chi connectivity index (χ2n) is 2.94. The van der Waals surface area contributed by atoms with Crippen molar-refractivity contribution in [1.82, 2.24) is 10.2 Å². The van der Waals surface area contributed by atoms with E-state index < -0.39 is 6.43 Å². The van der Waals surface area contributed by atoms with Crippen LogP contribution in [0.4, 0.5) is 8.78 Å². The molecule has 2 aromatic rings. The Morgan fingerprint density at radius 3 is 2.80 bits per heavy atom. The number of H-pyrrole nitrogens is 1. The van der Waals surface area contributed by atoms with E-state index in [2.05, 4.69) is 10.2 Å². The van der Waals surface area contributed by atoms with Gasteiger partial charge >= 0.3 is 0 Å². The molecule has 80 valence electrons. The molecule has 0 saturated carbocycles. The van der Waals surface area contributed by atoms with Crippen LogP contribution in [0.25, 0.3) is 10.9 Å². The fraction of sp³-hybridized carbons (Fsp3) is 0.222. The van der Waals surface area contributed by atoms with Crippen molar-refractivity contribution in [3.8, 4) is 5.75 Å². The van der Waals surface area contributed by atoms with E-state index in [-0.39, 0.29) is 11.1 Å². The van der Waals surface area contributed by atoms with Crippen molar-refractivity contribution < 1.29 is 13.5 Å². The highest BCUT2D eigenvalue weighted by Crippen LogP contribution is 2.34. The van der Waals surface area contributed by atoms with Crippen LogP contribution in [0.15, 0.2) is 12.1 Å². The van der Waals surface area contributed by atoms with E-state index in [0.29, 0.717) is 16.3 Å². The zero-order chi connectivity index (χ0) is 11.0. The van der Waals surface area contributed by atoms with E-state index in [0.717, 1.165) is 0 Å². The van der Waals surface area contributed by atoms with E-state index >= 15 is 0 Å². The predicted molar refractivity (Wildman–Crippen MR) is 52.6 cm³/mol. The zero-order valence-electron chi connectivity index (χ0n) is 7.72. The fourth-order valence-electron chi connectivity index (χ4n) is 1.42. The number of aromatic amines is 1. The van der Waals surface area contributed by atoms with Gasteiger partial charge in [0.2, 0.25) is 0 Å². The average molecular weight is 233 g/mol. The average Bonchev–Trinajstić information content (AvgIpc) is 2.59. The highest BCUT2D eigenvalue weighted by atomic mass is 35.5. The first-order valence-corrected chi connectivity index (χ1v) is 4.51. The minimum atomic E-state index is -2.62. The molecule has 0 spiro atoms. The standard InChI is InChI=1S/C9H7ClF2N2O/c1-15-6-3-4(10)2-5-7(6)8(9(11)12)14-13-5/h2-3,9H,1H3,(H,13,14). The van der Waals surface area contributed by atoms with Gasteiger partial charge in [0, 0.05) is 5.02 Å². The second-order valence-corrected chi connectivity index (χ2v) is 3.38. The number of nitrogens with one attached hydrogen (secondary N) is 1. The number of hydrogen-bond donors (Lipinski definition) is 1. The Morgan fingerprint density at radius 2 is 2.20 bits per heavy atom. The molecule has 3 nitrogen and oxygen atoms in total. The third-order valence-corrected chi connectivity index (χ3v) is 2.27. The van der Waals surface area contributed by atoms with E-state index in [1.54, 1.807) is 0 Å². The zero-order valence-corrected chi connectivity index (χ0v) is 8.48. The van der Waals surface area contributed by atoms with Gasteiger partial charge in [0.1, 0.15) is 11.4 Å². The van der Waals surface area contributed by atoms with Crippen molar-refractivity contribution in [2.75, 3.05) is 7.11 Å². The summed E-state index contributed by atoms with van der Waals surface area (Å²) in [7, 11) is 1.40. The molecule has 2 rings (SSSR count). The Morgan fingerprint density at radius 1 is 1.47 bits per heavy atom. The number of halogens is 3. The van der Waals surface area contributed by atoms with Crippen LogP contribution in [-0.2, 0) is 0 Å². The smallest absolute Gasteiger partial charge is 0.280 e. The summed E-state index contributed by atoms with van der Waals surface area (Å²) in [5.41, 5.74) is 0.119. The van der Waals surface area contributed by atoms with Gasteiger partial charge in [0.05, 0.1) is 18.0 Å². The van der Waals surface area contributed by atoms with Crippen LogP contribution in [0.1, 0.15) is 12.1 Å². The van der Waals surface area contributed by atoms with Crippen LogP contribution < -0.4 is 4.74 Å². The van der Waals surface area contributed by atoms with E-state index in [9.17, 15) is 8.78 Å². The summed E-state index contributed by atoms with van der Waals surface area (Å²) in [6.07, 6.45) is -2.62. The van der Waals surface area contributed by atoms with Crippen molar-refractivity contribution in [3.63, 3.8) is 0 Å². The maximum atomic E-state index is 12.6. The summed E-state index contributed by atoms with van der Waals surface area (Å²) in [5.74, 6) is 0.293. The molecule has 0 aliphatic carbocycles. The van der Waals surface area contributed by atoms with Gasteiger partial charge in [0.15, 0.2) is 0 Å². The molecule has 0 aliphatic rings. The first-order valence-electron chi connectivity index (χ1n) is 4.13. The minimum Gasteiger partial charge on any atom is -0.496 e. The molecule has 0 aliphatic heterocycles. The normalized spacial score (nSPS) is 11.3. The van der Waals surface area contributed by atoms with Crippen molar-refractivity contribution >= 4 is 22.5 Å². The Kier molecular flexibility index (Phi) is 2.48. The molecular formula is C9H7ClF2N2O. The Hall–Kier alpha value is -1.36. The number of aromatic nitrogens is 2. The number of ether oxygens (including phenoxy) is 1. The van der Waals surface area contributed by atoms with Gasteiger partial charge in [-0.15, -0.1) is 0 Å². The Balaban J connectivity index is 2.77. The lowest BCUT2D eigenvalue weighted by Gasteiger charge is -2.03. The van der Waals surface area contributed by atoms with Crippen LogP contribution in [0, 0.1) is 0 Å². The Labute approximate surface area is 89.0 Å². The molecule has 0 amide bonds. The van der Waals surface area contributed by atoms with Crippen molar-refractivity contribution in [1.29, 1.82) is 0 Å². The summed E-state index contributed by atoms with van der Waals surface area (Å²) in [6.45, 7) is 0. The van der Waals surface area contributed by atoms with Gasteiger partial charge in [-0.25, -0.2) is 8.78 Å². The number of fused-ring (bicyclic) bond motifs is 1. The fourth-order valence-corrected chi connectivity index (χ4v) is 1.62. The molecule has 15 heavy (non-hydrogen) atoms. The summed E-state index contributed by atoms with van der Waals surface area (Å²) >= 11 is 5.77. The number of benzene rings is 1. The van der Waals surface area contributed by atoms with Crippen LogP contribution in [0.5, 0.6) is 5.75 Å². The van der Waals surface area contributed by atoms with Crippen LogP contribution in [0.3, 0.4) is 0 Å². The maximum absolute atomic E-state index is 12.6. The largest absolute Gasteiger partial charge is 0.496 e. The molecule has 0 radical (unpaired) electrons. The van der Waals surface area contributed by atoms with Gasteiger partial charge in [-0.3, -0.25) is 5.10 Å². The first-order chi connectivity index (χ1) is 7.13. The second kappa shape index (κ2) is 3.66. The highest BCUT2D eigenvalue weighted by Gasteiger charge is 2.18. The number of hydrogen-bond acceptors (Lipinski definition) is 2. The molecular weight excluding hydrogens is 226 g/mol. The third-order valence-electron chi connectivity index (χ3n) is 2.05. The van der Waals surface area contributed by atoms with Crippen molar-refractivity contribution in [2.45, 2.75) is 6.43 Å². The monoisotopic (exact) mass is 232 g/mol. The molecule has 1 heterocycles. The number of rotatable bonds is 2. The molecule has 6 heteroatoms. The van der Waals surface area contributed by atoms with Crippen molar-refractivity contribution in [3.05, 3.63) is 22.8 Å². The van der Waals surface area contributed by atoms with Crippen molar-refractivity contribution in [2.24, 2.45) is 0 Å². The minimum absolute atomic E-state index is 0.251. The topological polar surface area (TPSA) is 37.9 Å². The van der Waals surface area contributed by atoms with Gasteiger partial charge in [-0.1, -0.05) is 11.6 Å². The van der Waals surface area contributed by atoms with Crippen LogP contribution >= 0.6 is 11.6 Å². The van der Waals surface area contributed by atoms with Gasteiger partial charge in [0.25, 0.3) is 6.43 Å². The SMILES string of the molecule is COc1cc(Cl)cc2n[nH]c(C(F)F)c12. The molecule has 0 bridgehead atoms. The Bertz CT molecular complexity index is 498. The molecule has 1 N–H and O–H groups in total. The van der Waals surface area contributed by atoms with Gasteiger partial charge in [-0.2, -0.15) is 5.10 Å². The lowest BCUT2D eigenvalue weighted by Crippen LogP contribution is -1.89. The summed E-state index contributed by atoms with van der Waals surface area (Å²) in [5, 5.41) is 6.69. The highest BCUT2D eigenvalue weighted by molar-refractivity contribution is 6.31. The molecule has 1 aromatic heterocycles. The maximum Gasteiger partial charge on any atom is 0.280 e. The number of alkyl halides is 2. The molecule has 0 saturated heterocycles. The summed E-state index contributed by atoms with van der Waals surface area (Å²) < 4.78 is 30.2. The number of methoxy groups -OCH3 is 1. The van der Waals surface area contributed by atoms with Gasteiger partial charge < -0.3 is 4.74 Å². The summed E-state index contributed by atoms with van der Waals surface area (Å²) in [6, 6.07) is 2.98. The molecule has 1 aromatic carbocycles.